The van der Waals surface area contributed by atoms with E-state index >= 15 is 0 Å². The molecule has 0 aliphatic heterocycles. The number of benzene rings is 1. The van der Waals surface area contributed by atoms with E-state index in [9.17, 15) is 13.6 Å². The highest BCUT2D eigenvalue weighted by Gasteiger charge is 2.22. The third-order valence-corrected chi connectivity index (χ3v) is 2.40. The molecule has 0 aromatic heterocycles. The third-order valence-electron chi connectivity index (χ3n) is 2.40. The number of hydrogen-bond acceptors (Lipinski definition) is 2. The van der Waals surface area contributed by atoms with E-state index in [2.05, 4.69) is 5.32 Å². The van der Waals surface area contributed by atoms with Crippen LogP contribution >= 0.6 is 0 Å². The van der Waals surface area contributed by atoms with E-state index in [0.717, 1.165) is 12.1 Å². The van der Waals surface area contributed by atoms with Gasteiger partial charge in [-0.2, -0.15) is 0 Å². The average molecular weight is 242 g/mol. The first-order chi connectivity index (χ1) is 7.85. The largest absolute Gasteiger partial charge is 0.347 e. The first kappa shape index (κ1) is 13.6. The molecule has 0 heterocycles. The lowest BCUT2D eigenvalue weighted by Crippen LogP contribution is -2.45. The molecule has 3 nitrogen and oxygen atoms in total. The zero-order chi connectivity index (χ0) is 13.1. The fourth-order valence-corrected chi connectivity index (χ4v) is 1.47. The molecule has 1 aromatic carbocycles. The molecule has 0 fully saturated rings. The van der Waals surface area contributed by atoms with E-state index in [4.69, 9.17) is 5.73 Å². The van der Waals surface area contributed by atoms with Crippen LogP contribution in [0.3, 0.4) is 0 Å². The standard InChI is InChI=1S/C12H16F2N2O/c1-12(2,5-6-15)16-11(17)9-4-3-8(13)7-10(9)14/h3-4,7H,5-6,15H2,1-2H3,(H,16,17). The second kappa shape index (κ2) is 5.23. The second-order valence-electron chi connectivity index (χ2n) is 4.50. The monoisotopic (exact) mass is 242 g/mol. The van der Waals surface area contributed by atoms with Gasteiger partial charge in [0, 0.05) is 11.6 Å². The molecule has 0 aliphatic carbocycles. The maximum Gasteiger partial charge on any atom is 0.254 e. The van der Waals surface area contributed by atoms with E-state index < -0.39 is 23.1 Å². The molecule has 1 aromatic rings. The Labute approximate surface area is 99.0 Å². The lowest BCUT2D eigenvalue weighted by molar-refractivity contribution is 0.0906. The predicted molar refractivity (Wildman–Crippen MR) is 61.6 cm³/mol. The van der Waals surface area contributed by atoms with Crippen molar-refractivity contribution in [2.75, 3.05) is 6.54 Å². The van der Waals surface area contributed by atoms with E-state index in [0.29, 0.717) is 19.0 Å². The number of carbonyl (C=O) groups excluding carboxylic acids is 1. The van der Waals surface area contributed by atoms with Crippen molar-refractivity contribution in [2.24, 2.45) is 5.73 Å². The van der Waals surface area contributed by atoms with Crippen LogP contribution in [0.15, 0.2) is 18.2 Å². The SMILES string of the molecule is CC(C)(CCN)NC(=O)c1ccc(F)cc1F. The minimum Gasteiger partial charge on any atom is -0.347 e. The van der Waals surface area contributed by atoms with Gasteiger partial charge in [0.2, 0.25) is 0 Å². The number of hydrogen-bond donors (Lipinski definition) is 2. The van der Waals surface area contributed by atoms with Gasteiger partial charge in [0.1, 0.15) is 11.6 Å². The molecule has 94 valence electrons. The zero-order valence-corrected chi connectivity index (χ0v) is 9.89. The summed E-state index contributed by atoms with van der Waals surface area (Å²) in [6.45, 7) is 4.00. The number of amides is 1. The molecule has 1 amide bonds. The summed E-state index contributed by atoms with van der Waals surface area (Å²) in [5.41, 5.74) is 4.71. The van der Waals surface area contributed by atoms with E-state index in [1.807, 2.05) is 0 Å². The number of nitrogens with two attached hydrogens (primary N) is 1. The number of halogens is 2. The van der Waals surface area contributed by atoms with Gasteiger partial charge >= 0.3 is 0 Å². The average Bonchev–Trinajstić information content (AvgIpc) is 2.15. The minimum absolute atomic E-state index is 0.170. The maximum atomic E-state index is 13.3. The normalized spacial score (nSPS) is 11.4. The lowest BCUT2D eigenvalue weighted by atomic mass is 10.00. The van der Waals surface area contributed by atoms with Gasteiger partial charge in [0.15, 0.2) is 0 Å². The summed E-state index contributed by atoms with van der Waals surface area (Å²) in [5, 5.41) is 2.65. The molecule has 0 aliphatic rings. The molecule has 0 bridgehead atoms. The van der Waals surface area contributed by atoms with E-state index in [1.54, 1.807) is 13.8 Å². The van der Waals surface area contributed by atoms with E-state index in [1.165, 1.54) is 0 Å². The number of rotatable bonds is 4. The summed E-state index contributed by atoms with van der Waals surface area (Å²) < 4.78 is 26.0. The first-order valence-electron chi connectivity index (χ1n) is 5.33. The van der Waals surface area contributed by atoms with Crippen LogP contribution in [0.1, 0.15) is 30.6 Å². The van der Waals surface area contributed by atoms with Crippen LogP contribution in [0.25, 0.3) is 0 Å². The lowest BCUT2D eigenvalue weighted by Gasteiger charge is -2.25. The summed E-state index contributed by atoms with van der Waals surface area (Å²) in [5.74, 6) is -2.15. The summed E-state index contributed by atoms with van der Waals surface area (Å²) in [6, 6.07) is 2.86. The Kier molecular flexibility index (Phi) is 4.17. The van der Waals surface area contributed by atoms with E-state index in [-0.39, 0.29) is 5.56 Å². The van der Waals surface area contributed by atoms with Crippen LogP contribution in [0, 0.1) is 11.6 Å². The van der Waals surface area contributed by atoms with Gasteiger partial charge in [0.05, 0.1) is 5.56 Å². The topological polar surface area (TPSA) is 55.1 Å². The molecule has 0 spiro atoms. The van der Waals surface area contributed by atoms with Crippen LogP contribution in [-0.4, -0.2) is 18.0 Å². The Morgan fingerprint density at radius 3 is 2.59 bits per heavy atom. The second-order valence-corrected chi connectivity index (χ2v) is 4.50. The summed E-state index contributed by atoms with van der Waals surface area (Å²) >= 11 is 0. The van der Waals surface area contributed by atoms with Gasteiger partial charge < -0.3 is 11.1 Å². The maximum absolute atomic E-state index is 13.3. The minimum atomic E-state index is -0.869. The molecular weight excluding hydrogens is 226 g/mol. The quantitative estimate of drug-likeness (QED) is 0.846. The highest BCUT2D eigenvalue weighted by molar-refractivity contribution is 5.94. The Morgan fingerprint density at radius 1 is 1.41 bits per heavy atom. The molecule has 3 N–H and O–H groups in total. The van der Waals surface area contributed by atoms with Crippen molar-refractivity contribution in [1.82, 2.24) is 5.32 Å². The van der Waals surface area contributed by atoms with Crippen molar-refractivity contribution in [1.29, 1.82) is 0 Å². The van der Waals surface area contributed by atoms with Gasteiger partial charge in [-0.15, -0.1) is 0 Å². The molecule has 1 rings (SSSR count). The van der Waals surface area contributed by atoms with Gasteiger partial charge in [-0.3, -0.25) is 4.79 Å². The molecular formula is C12H16F2N2O. The highest BCUT2D eigenvalue weighted by Crippen LogP contribution is 2.13. The molecule has 0 radical (unpaired) electrons. The summed E-state index contributed by atoms with van der Waals surface area (Å²) in [7, 11) is 0. The van der Waals surface area contributed by atoms with Crippen molar-refractivity contribution < 1.29 is 13.6 Å². The smallest absolute Gasteiger partial charge is 0.254 e. The fourth-order valence-electron chi connectivity index (χ4n) is 1.47. The molecule has 0 saturated carbocycles. The number of nitrogens with one attached hydrogen (secondary N) is 1. The summed E-state index contributed by atoms with van der Waals surface area (Å²) in [6.07, 6.45) is 0.571. The number of carbonyl (C=O) groups is 1. The van der Waals surface area contributed by atoms with Gasteiger partial charge in [0.25, 0.3) is 5.91 Å². The van der Waals surface area contributed by atoms with Crippen molar-refractivity contribution in [2.45, 2.75) is 25.8 Å². The van der Waals surface area contributed by atoms with Gasteiger partial charge in [-0.25, -0.2) is 8.78 Å². The zero-order valence-electron chi connectivity index (χ0n) is 9.89. The molecule has 0 saturated heterocycles. The highest BCUT2D eigenvalue weighted by atomic mass is 19.1. The van der Waals surface area contributed by atoms with Crippen LogP contribution in [0.5, 0.6) is 0 Å². The summed E-state index contributed by atoms with van der Waals surface area (Å²) in [4.78, 5) is 11.8. The van der Waals surface area contributed by atoms with Crippen LogP contribution < -0.4 is 11.1 Å². The molecule has 0 unspecified atom stereocenters. The fraction of sp³-hybridized carbons (Fsp3) is 0.417. The van der Waals surface area contributed by atoms with Gasteiger partial charge in [-0.05, 0) is 38.9 Å². The van der Waals surface area contributed by atoms with Crippen LogP contribution in [0.2, 0.25) is 0 Å². The Bertz CT molecular complexity index is 419. The van der Waals surface area contributed by atoms with Crippen LogP contribution in [-0.2, 0) is 0 Å². The van der Waals surface area contributed by atoms with Crippen molar-refractivity contribution in [3.05, 3.63) is 35.4 Å². The Morgan fingerprint density at radius 2 is 2.06 bits per heavy atom. The Balaban J connectivity index is 2.83. The Hall–Kier alpha value is -1.49. The third kappa shape index (κ3) is 3.78. The molecule has 0 atom stereocenters. The van der Waals surface area contributed by atoms with Gasteiger partial charge in [-0.1, -0.05) is 0 Å². The van der Waals surface area contributed by atoms with Crippen LogP contribution in [0.4, 0.5) is 8.78 Å². The molecule has 5 heteroatoms. The molecule has 17 heavy (non-hydrogen) atoms. The predicted octanol–water partition coefficient (Wildman–Crippen LogP) is 1.82. The van der Waals surface area contributed by atoms with Crippen molar-refractivity contribution in [3.8, 4) is 0 Å². The first-order valence-corrected chi connectivity index (χ1v) is 5.33. The van der Waals surface area contributed by atoms with Crippen molar-refractivity contribution >= 4 is 5.91 Å². The van der Waals surface area contributed by atoms with Crippen molar-refractivity contribution in [3.63, 3.8) is 0 Å².